The van der Waals surface area contributed by atoms with Gasteiger partial charge in [0.05, 0.1) is 19.8 Å². The van der Waals surface area contributed by atoms with Crippen LogP contribution in [0, 0.1) is 13.8 Å². The number of benzene rings is 2. The molecule has 0 bridgehead atoms. The van der Waals surface area contributed by atoms with Crippen LogP contribution in [0.5, 0.6) is 11.5 Å². The number of esters is 1. The van der Waals surface area contributed by atoms with Crippen molar-refractivity contribution in [1.82, 2.24) is 0 Å². The average Bonchev–Trinajstić information content (AvgIpc) is 2.60. The molecule has 0 heterocycles. The molecule has 0 radical (unpaired) electrons. The molecule has 0 saturated carbocycles. The molecule has 0 aliphatic heterocycles. The van der Waals surface area contributed by atoms with E-state index >= 15 is 0 Å². The minimum Gasteiger partial charge on any atom is -0.497 e. The van der Waals surface area contributed by atoms with Crippen molar-refractivity contribution in [2.75, 3.05) is 19.5 Å². The van der Waals surface area contributed by atoms with Crippen LogP contribution in [-0.2, 0) is 9.53 Å². The van der Waals surface area contributed by atoms with Gasteiger partial charge in [-0.25, -0.2) is 4.79 Å². The predicted octanol–water partition coefficient (Wildman–Crippen LogP) is 3.50. The lowest BCUT2D eigenvalue weighted by molar-refractivity contribution is -0.123. The quantitative estimate of drug-likeness (QED) is 0.801. The predicted molar refractivity (Wildman–Crippen MR) is 99.0 cm³/mol. The zero-order valence-electron chi connectivity index (χ0n) is 15.6. The minimum atomic E-state index is -0.958. The highest BCUT2D eigenvalue weighted by Crippen LogP contribution is 2.26. The van der Waals surface area contributed by atoms with E-state index in [1.807, 2.05) is 19.9 Å². The largest absolute Gasteiger partial charge is 0.497 e. The van der Waals surface area contributed by atoms with Crippen LogP contribution >= 0.6 is 0 Å². The Kier molecular flexibility index (Phi) is 6.22. The molecule has 0 spiro atoms. The number of rotatable bonds is 6. The highest BCUT2D eigenvalue weighted by Gasteiger charge is 2.20. The Morgan fingerprint density at radius 3 is 1.92 bits per heavy atom. The monoisotopic (exact) mass is 357 g/mol. The molecule has 2 rings (SSSR count). The van der Waals surface area contributed by atoms with Crippen molar-refractivity contribution in [3.8, 4) is 11.5 Å². The molecule has 1 atom stereocenters. The van der Waals surface area contributed by atoms with Gasteiger partial charge in [0.25, 0.3) is 5.91 Å². The molecule has 2 aromatic carbocycles. The van der Waals surface area contributed by atoms with Crippen LogP contribution in [0.15, 0.2) is 36.4 Å². The normalized spacial score (nSPS) is 11.4. The van der Waals surface area contributed by atoms with E-state index in [0.717, 1.165) is 11.1 Å². The van der Waals surface area contributed by atoms with Crippen molar-refractivity contribution in [2.45, 2.75) is 26.9 Å². The second kappa shape index (κ2) is 8.38. The molecule has 0 aliphatic rings. The van der Waals surface area contributed by atoms with Crippen molar-refractivity contribution >= 4 is 17.6 Å². The summed E-state index contributed by atoms with van der Waals surface area (Å²) >= 11 is 0. The van der Waals surface area contributed by atoms with Gasteiger partial charge in [-0.1, -0.05) is 17.2 Å². The molecule has 26 heavy (non-hydrogen) atoms. The van der Waals surface area contributed by atoms with Crippen LogP contribution in [0.4, 0.5) is 5.69 Å². The Balaban J connectivity index is 2.06. The molecule has 0 aromatic heterocycles. The van der Waals surface area contributed by atoms with Crippen LogP contribution in [0.25, 0.3) is 0 Å². The lowest BCUT2D eigenvalue weighted by atomic mass is 10.1. The van der Waals surface area contributed by atoms with Gasteiger partial charge in [0.2, 0.25) is 0 Å². The summed E-state index contributed by atoms with van der Waals surface area (Å²) in [7, 11) is 3.04. The fourth-order valence-corrected chi connectivity index (χ4v) is 2.50. The van der Waals surface area contributed by atoms with E-state index < -0.39 is 18.0 Å². The van der Waals surface area contributed by atoms with E-state index in [9.17, 15) is 9.59 Å². The van der Waals surface area contributed by atoms with E-state index in [2.05, 4.69) is 5.32 Å². The van der Waals surface area contributed by atoms with E-state index in [1.165, 1.54) is 21.1 Å². The topological polar surface area (TPSA) is 73.9 Å². The first-order valence-corrected chi connectivity index (χ1v) is 8.15. The number of carbonyl (C=O) groups is 2. The third-order valence-electron chi connectivity index (χ3n) is 3.73. The molecule has 2 aromatic rings. The number of hydrogen-bond donors (Lipinski definition) is 1. The fourth-order valence-electron chi connectivity index (χ4n) is 2.50. The zero-order chi connectivity index (χ0) is 19.3. The number of carbonyl (C=O) groups excluding carboxylic acids is 2. The maximum Gasteiger partial charge on any atom is 0.338 e. The van der Waals surface area contributed by atoms with E-state index in [4.69, 9.17) is 14.2 Å². The Morgan fingerprint density at radius 1 is 0.885 bits per heavy atom. The molecule has 1 amide bonds. The number of ether oxygens (including phenoxy) is 3. The van der Waals surface area contributed by atoms with Gasteiger partial charge in [0.15, 0.2) is 6.10 Å². The molecule has 0 fully saturated rings. The summed E-state index contributed by atoms with van der Waals surface area (Å²) in [6, 6.07) is 10.4. The number of methoxy groups -OCH3 is 2. The van der Waals surface area contributed by atoms with Gasteiger partial charge < -0.3 is 19.5 Å². The van der Waals surface area contributed by atoms with Crippen LogP contribution in [0.3, 0.4) is 0 Å². The standard InChI is InChI=1S/C20H23NO5/c1-12-6-13(2)8-15(7-12)20(23)26-14(3)19(22)21-16-9-17(24-4)11-18(10-16)25-5/h6-11,14H,1-5H3,(H,21,22). The van der Waals surface area contributed by atoms with Crippen molar-refractivity contribution in [3.63, 3.8) is 0 Å². The molecule has 138 valence electrons. The van der Waals surface area contributed by atoms with Crippen LogP contribution in [0.1, 0.15) is 28.4 Å². The highest BCUT2D eigenvalue weighted by atomic mass is 16.5. The summed E-state index contributed by atoms with van der Waals surface area (Å²) in [5.41, 5.74) is 2.82. The van der Waals surface area contributed by atoms with E-state index in [-0.39, 0.29) is 0 Å². The number of amides is 1. The van der Waals surface area contributed by atoms with Gasteiger partial charge in [-0.3, -0.25) is 4.79 Å². The number of anilines is 1. The first-order chi connectivity index (χ1) is 12.3. The second-order valence-electron chi connectivity index (χ2n) is 6.01. The Bertz CT molecular complexity index is 773. The molecule has 0 aliphatic carbocycles. The molecule has 6 nitrogen and oxygen atoms in total. The summed E-state index contributed by atoms with van der Waals surface area (Å²) in [5, 5.41) is 2.69. The maximum atomic E-state index is 12.3. The van der Waals surface area contributed by atoms with Gasteiger partial charge in [0.1, 0.15) is 11.5 Å². The summed E-state index contributed by atoms with van der Waals surface area (Å²) in [6.45, 7) is 5.32. The number of hydrogen-bond acceptors (Lipinski definition) is 5. The third kappa shape index (κ3) is 4.99. The minimum absolute atomic E-state index is 0.421. The Hall–Kier alpha value is -3.02. The summed E-state index contributed by atoms with van der Waals surface area (Å²) in [5.74, 6) is 0.0970. The Labute approximate surface area is 153 Å². The average molecular weight is 357 g/mol. The van der Waals surface area contributed by atoms with Crippen molar-refractivity contribution in [3.05, 3.63) is 53.1 Å². The first kappa shape index (κ1) is 19.3. The molecule has 0 saturated heterocycles. The lowest BCUT2D eigenvalue weighted by Crippen LogP contribution is -2.30. The second-order valence-corrected chi connectivity index (χ2v) is 6.01. The van der Waals surface area contributed by atoms with Crippen LogP contribution in [0.2, 0.25) is 0 Å². The molecule has 6 heteroatoms. The van der Waals surface area contributed by atoms with Gasteiger partial charge >= 0.3 is 5.97 Å². The summed E-state index contributed by atoms with van der Waals surface area (Å²) < 4.78 is 15.6. The Morgan fingerprint density at radius 2 is 1.42 bits per heavy atom. The van der Waals surface area contributed by atoms with E-state index in [0.29, 0.717) is 22.7 Å². The molecule has 1 N–H and O–H groups in total. The highest BCUT2D eigenvalue weighted by molar-refractivity contribution is 5.97. The SMILES string of the molecule is COc1cc(NC(=O)C(C)OC(=O)c2cc(C)cc(C)c2)cc(OC)c1. The van der Waals surface area contributed by atoms with Gasteiger partial charge in [0, 0.05) is 23.9 Å². The molecule has 1 unspecified atom stereocenters. The third-order valence-corrected chi connectivity index (χ3v) is 3.73. The van der Waals surface area contributed by atoms with Crippen molar-refractivity contribution in [2.24, 2.45) is 0 Å². The van der Waals surface area contributed by atoms with Crippen molar-refractivity contribution in [1.29, 1.82) is 0 Å². The zero-order valence-corrected chi connectivity index (χ0v) is 15.6. The van der Waals surface area contributed by atoms with E-state index in [1.54, 1.807) is 30.3 Å². The number of nitrogens with one attached hydrogen (secondary N) is 1. The fraction of sp³-hybridized carbons (Fsp3) is 0.300. The summed E-state index contributed by atoms with van der Waals surface area (Å²) in [4.78, 5) is 24.6. The van der Waals surface area contributed by atoms with Crippen LogP contribution in [-0.4, -0.2) is 32.2 Å². The van der Waals surface area contributed by atoms with Crippen molar-refractivity contribution < 1.29 is 23.8 Å². The number of aryl methyl sites for hydroxylation is 2. The first-order valence-electron chi connectivity index (χ1n) is 8.15. The van der Waals surface area contributed by atoms with Gasteiger partial charge in [-0.15, -0.1) is 0 Å². The molecular weight excluding hydrogens is 334 g/mol. The molecular formula is C20H23NO5. The smallest absolute Gasteiger partial charge is 0.338 e. The maximum absolute atomic E-state index is 12.3. The summed E-state index contributed by atoms with van der Waals surface area (Å²) in [6.07, 6.45) is -0.958. The van der Waals surface area contributed by atoms with Gasteiger partial charge in [-0.2, -0.15) is 0 Å². The van der Waals surface area contributed by atoms with Crippen LogP contribution < -0.4 is 14.8 Å². The lowest BCUT2D eigenvalue weighted by Gasteiger charge is -2.15. The van der Waals surface area contributed by atoms with Gasteiger partial charge in [-0.05, 0) is 32.9 Å².